The summed E-state index contributed by atoms with van der Waals surface area (Å²) in [6.07, 6.45) is 2.96. The van der Waals surface area contributed by atoms with Crippen LogP contribution in [0.5, 0.6) is 0 Å². The topological polar surface area (TPSA) is 51.2 Å². The van der Waals surface area contributed by atoms with E-state index in [0.29, 0.717) is 10.0 Å². The molecule has 0 amide bonds. The van der Waals surface area contributed by atoms with E-state index in [0.717, 1.165) is 47.8 Å². The van der Waals surface area contributed by atoms with Crippen molar-refractivity contribution in [2.24, 2.45) is 0 Å². The van der Waals surface area contributed by atoms with Gasteiger partial charge in [-0.15, -0.1) is 0 Å². The maximum absolute atomic E-state index is 6.02. The number of furan rings is 1. The highest BCUT2D eigenvalue weighted by atomic mass is 35.5. The molecule has 122 valence electrons. The molecule has 6 rings (SSSR count). The number of nitrogens with zero attached hydrogens (tertiary/aromatic N) is 1. The van der Waals surface area contributed by atoms with E-state index in [1.807, 2.05) is 37.3 Å². The number of nitrogens with one attached hydrogen (secondary N) is 1. The predicted octanol–water partition coefficient (Wildman–Crippen LogP) is 4.52. The maximum Gasteiger partial charge on any atom is 0.201 e. The molecule has 0 radical (unpaired) electrons. The van der Waals surface area contributed by atoms with Crippen LogP contribution >= 0.6 is 23.8 Å². The summed E-state index contributed by atoms with van der Waals surface area (Å²) in [6, 6.07) is 9.39. The largest absolute Gasteiger partial charge is 0.459 e. The standard InChI is InChI=1S/C18H15ClN2O2S/c1-10-2-4-14(22-10)15(24)21-18-7-17(8-18,9-18)16-20-12-6-11(19)3-5-13(12)23-16/h2-6H,7-9H2,1H3,(H,21,24). The van der Waals surface area contributed by atoms with Crippen LogP contribution in [0.4, 0.5) is 0 Å². The molecule has 0 atom stereocenters. The van der Waals surface area contributed by atoms with Gasteiger partial charge in [0.05, 0.1) is 5.41 Å². The van der Waals surface area contributed by atoms with E-state index < -0.39 is 0 Å². The average Bonchev–Trinajstić information content (AvgIpc) is 3.06. The Bertz CT molecular complexity index is 970. The average molecular weight is 359 g/mol. The summed E-state index contributed by atoms with van der Waals surface area (Å²) >= 11 is 11.5. The van der Waals surface area contributed by atoms with Crippen molar-refractivity contribution in [1.82, 2.24) is 10.3 Å². The first kappa shape index (κ1) is 14.5. The molecule has 0 saturated heterocycles. The van der Waals surface area contributed by atoms with Crippen LogP contribution in [-0.2, 0) is 5.41 Å². The summed E-state index contributed by atoms with van der Waals surface area (Å²) in [5.74, 6) is 2.43. The molecule has 3 aliphatic rings. The van der Waals surface area contributed by atoms with Gasteiger partial charge in [0, 0.05) is 10.6 Å². The van der Waals surface area contributed by atoms with Gasteiger partial charge in [0.15, 0.2) is 11.3 Å². The Morgan fingerprint density at radius 3 is 2.71 bits per heavy atom. The Kier molecular flexibility index (Phi) is 2.78. The molecule has 3 saturated carbocycles. The monoisotopic (exact) mass is 358 g/mol. The minimum absolute atomic E-state index is 0.0488. The van der Waals surface area contributed by atoms with Crippen LogP contribution in [0, 0.1) is 6.92 Å². The molecule has 0 aliphatic heterocycles. The Hall–Kier alpha value is -1.85. The molecule has 3 aromatic rings. The predicted molar refractivity (Wildman–Crippen MR) is 95.6 cm³/mol. The number of hydrogen-bond acceptors (Lipinski definition) is 4. The zero-order valence-corrected chi connectivity index (χ0v) is 14.6. The van der Waals surface area contributed by atoms with Gasteiger partial charge < -0.3 is 14.2 Å². The van der Waals surface area contributed by atoms with E-state index >= 15 is 0 Å². The van der Waals surface area contributed by atoms with E-state index in [9.17, 15) is 0 Å². The van der Waals surface area contributed by atoms with Gasteiger partial charge in [-0.2, -0.15) is 0 Å². The van der Waals surface area contributed by atoms with Gasteiger partial charge >= 0.3 is 0 Å². The third kappa shape index (κ3) is 1.98. The molecule has 3 aliphatic carbocycles. The number of hydrogen-bond donors (Lipinski definition) is 1. The fourth-order valence-corrected chi connectivity index (χ4v) is 4.63. The van der Waals surface area contributed by atoms with Crippen molar-refractivity contribution in [3.8, 4) is 0 Å². The van der Waals surface area contributed by atoms with Crippen molar-refractivity contribution in [3.05, 3.63) is 52.8 Å². The molecule has 0 unspecified atom stereocenters. The van der Waals surface area contributed by atoms with Crippen LogP contribution in [0.25, 0.3) is 11.1 Å². The van der Waals surface area contributed by atoms with Gasteiger partial charge in [0.2, 0.25) is 5.89 Å². The first-order chi connectivity index (χ1) is 11.5. The molecule has 1 N–H and O–H groups in total. The van der Waals surface area contributed by atoms with E-state index in [1.165, 1.54) is 0 Å². The molecule has 0 spiro atoms. The Morgan fingerprint density at radius 2 is 2.00 bits per heavy atom. The molecule has 2 bridgehead atoms. The lowest BCUT2D eigenvalue weighted by Crippen LogP contribution is -2.76. The lowest BCUT2D eigenvalue weighted by Gasteiger charge is -2.69. The zero-order chi connectivity index (χ0) is 16.5. The quantitative estimate of drug-likeness (QED) is 0.697. The summed E-state index contributed by atoms with van der Waals surface area (Å²) in [4.78, 5) is 5.33. The highest BCUT2D eigenvalue weighted by molar-refractivity contribution is 7.80. The second-order valence-corrected chi connectivity index (χ2v) is 7.93. The number of fused-ring (bicyclic) bond motifs is 1. The third-order valence-corrected chi connectivity index (χ3v) is 5.71. The van der Waals surface area contributed by atoms with Gasteiger partial charge in [-0.25, -0.2) is 4.98 Å². The number of aryl methyl sites for hydroxylation is 1. The summed E-state index contributed by atoms with van der Waals surface area (Å²) in [5, 5.41) is 4.15. The maximum atomic E-state index is 6.02. The van der Waals surface area contributed by atoms with Crippen molar-refractivity contribution < 1.29 is 8.83 Å². The van der Waals surface area contributed by atoms with Gasteiger partial charge in [-0.1, -0.05) is 23.8 Å². The molecule has 4 nitrogen and oxygen atoms in total. The minimum Gasteiger partial charge on any atom is -0.459 e. The van der Waals surface area contributed by atoms with Crippen LogP contribution in [-0.4, -0.2) is 15.5 Å². The molecule has 2 heterocycles. The van der Waals surface area contributed by atoms with Crippen LogP contribution < -0.4 is 5.32 Å². The summed E-state index contributed by atoms with van der Waals surface area (Å²) in [7, 11) is 0. The van der Waals surface area contributed by atoms with Crippen molar-refractivity contribution in [1.29, 1.82) is 0 Å². The SMILES string of the molecule is Cc1ccc(C(=S)NC23CC(c4nc5cc(Cl)ccc5o4)(C2)C3)o1. The van der Waals surface area contributed by atoms with Crippen LogP contribution in [0.2, 0.25) is 5.02 Å². The lowest BCUT2D eigenvalue weighted by atomic mass is 9.39. The molecular formula is C18H15ClN2O2S. The lowest BCUT2D eigenvalue weighted by molar-refractivity contribution is -0.0900. The van der Waals surface area contributed by atoms with Gasteiger partial charge in [-0.3, -0.25) is 0 Å². The highest BCUT2D eigenvalue weighted by Crippen LogP contribution is 2.67. The van der Waals surface area contributed by atoms with Crippen molar-refractivity contribution >= 4 is 39.9 Å². The molecule has 6 heteroatoms. The van der Waals surface area contributed by atoms with E-state index in [-0.39, 0.29) is 11.0 Å². The third-order valence-electron chi connectivity index (χ3n) is 5.18. The fraction of sp³-hybridized carbons (Fsp3) is 0.333. The van der Waals surface area contributed by atoms with Crippen LogP contribution in [0.15, 0.2) is 39.2 Å². The van der Waals surface area contributed by atoms with Crippen molar-refractivity contribution in [2.75, 3.05) is 0 Å². The second-order valence-electron chi connectivity index (χ2n) is 7.09. The van der Waals surface area contributed by atoms with Gasteiger partial charge in [-0.05, 0) is 56.5 Å². The number of aromatic nitrogens is 1. The van der Waals surface area contributed by atoms with Crippen LogP contribution in [0.1, 0.15) is 36.7 Å². The second kappa shape index (κ2) is 4.61. The Labute approximate surface area is 149 Å². The van der Waals surface area contributed by atoms with Gasteiger partial charge in [0.25, 0.3) is 0 Å². The van der Waals surface area contributed by atoms with Crippen molar-refractivity contribution in [2.45, 2.75) is 37.1 Å². The zero-order valence-electron chi connectivity index (χ0n) is 13.1. The molecular weight excluding hydrogens is 344 g/mol. The number of rotatable bonds is 3. The highest BCUT2D eigenvalue weighted by Gasteiger charge is 2.71. The Balaban J connectivity index is 1.33. The Morgan fingerprint density at radius 1 is 1.21 bits per heavy atom. The van der Waals surface area contributed by atoms with E-state index in [2.05, 4.69) is 10.3 Å². The number of halogens is 1. The smallest absolute Gasteiger partial charge is 0.201 e. The molecule has 3 fully saturated rings. The van der Waals surface area contributed by atoms with Crippen molar-refractivity contribution in [3.63, 3.8) is 0 Å². The molecule has 2 aromatic heterocycles. The number of oxazole rings is 1. The first-order valence-corrected chi connectivity index (χ1v) is 8.71. The first-order valence-electron chi connectivity index (χ1n) is 7.93. The minimum atomic E-state index is 0.0488. The molecule has 24 heavy (non-hydrogen) atoms. The number of thiocarbonyl (C=S) groups is 1. The van der Waals surface area contributed by atoms with Crippen LogP contribution in [0.3, 0.4) is 0 Å². The molecule has 1 aromatic carbocycles. The normalized spacial score (nSPS) is 27.6. The summed E-state index contributed by atoms with van der Waals surface area (Å²) in [5.41, 5.74) is 1.73. The number of benzene rings is 1. The van der Waals surface area contributed by atoms with E-state index in [4.69, 9.17) is 32.7 Å². The van der Waals surface area contributed by atoms with Gasteiger partial charge in [0.1, 0.15) is 16.3 Å². The fourth-order valence-electron chi connectivity index (χ4n) is 4.13. The summed E-state index contributed by atoms with van der Waals surface area (Å²) in [6.45, 7) is 1.92. The van der Waals surface area contributed by atoms with E-state index in [1.54, 1.807) is 0 Å². The summed E-state index contributed by atoms with van der Waals surface area (Å²) < 4.78 is 11.5.